The third kappa shape index (κ3) is 2.80. The van der Waals surface area contributed by atoms with E-state index < -0.39 is 0 Å². The Labute approximate surface area is 148 Å². The van der Waals surface area contributed by atoms with Gasteiger partial charge in [0.05, 0.1) is 0 Å². The molecule has 0 saturated heterocycles. The number of aromatic nitrogens is 1. The van der Waals surface area contributed by atoms with Gasteiger partial charge in [-0.2, -0.15) is 0 Å². The molecule has 0 amide bonds. The number of anilines is 1. The van der Waals surface area contributed by atoms with E-state index in [0.717, 1.165) is 0 Å². The average molecular weight is 286 g/mol. The van der Waals surface area contributed by atoms with Crippen LogP contribution in [0.25, 0.3) is 21.5 Å². The van der Waals surface area contributed by atoms with Gasteiger partial charge in [-0.05, 0) is 35.7 Å². The van der Waals surface area contributed by atoms with Gasteiger partial charge in [0.25, 0.3) is 0 Å². The SMILES string of the molecule is [H-].[Na+].c1ccc2c(c1)cc(NC1CCCC1)c1ccncc12. The van der Waals surface area contributed by atoms with Gasteiger partial charge in [0.1, 0.15) is 0 Å². The molecule has 3 heteroatoms. The molecule has 102 valence electrons. The molecule has 21 heavy (non-hydrogen) atoms. The first-order valence-electron chi connectivity index (χ1n) is 7.44. The van der Waals surface area contributed by atoms with Crippen molar-refractivity contribution in [3.05, 3.63) is 48.8 Å². The largest absolute Gasteiger partial charge is 1.00 e. The molecule has 1 saturated carbocycles. The van der Waals surface area contributed by atoms with Gasteiger partial charge in [-0.15, -0.1) is 0 Å². The maximum absolute atomic E-state index is 4.31. The average Bonchev–Trinajstić information content (AvgIpc) is 3.00. The Kier molecular flexibility index (Phi) is 4.48. The van der Waals surface area contributed by atoms with Crippen molar-refractivity contribution in [1.82, 2.24) is 4.98 Å². The number of nitrogens with one attached hydrogen (secondary N) is 1. The second-order valence-electron chi connectivity index (χ2n) is 5.69. The summed E-state index contributed by atoms with van der Waals surface area (Å²) in [5.41, 5.74) is 1.26. The molecule has 0 spiro atoms. The van der Waals surface area contributed by atoms with E-state index in [1.54, 1.807) is 0 Å². The minimum absolute atomic E-state index is 0. The first-order chi connectivity index (χ1) is 9.92. The Morgan fingerprint density at radius 2 is 1.81 bits per heavy atom. The van der Waals surface area contributed by atoms with Crippen LogP contribution in [0.3, 0.4) is 0 Å². The number of benzene rings is 2. The van der Waals surface area contributed by atoms with Gasteiger partial charge in [-0.25, -0.2) is 0 Å². The molecular formula is C18H19N2Na. The predicted molar refractivity (Wildman–Crippen MR) is 86.2 cm³/mol. The molecule has 1 aliphatic carbocycles. The molecule has 4 rings (SSSR count). The van der Waals surface area contributed by atoms with Crippen LogP contribution in [-0.2, 0) is 0 Å². The van der Waals surface area contributed by atoms with Crippen LogP contribution in [0.15, 0.2) is 48.8 Å². The van der Waals surface area contributed by atoms with E-state index in [2.05, 4.69) is 46.7 Å². The number of rotatable bonds is 2. The third-order valence-corrected chi connectivity index (χ3v) is 4.38. The van der Waals surface area contributed by atoms with Crippen LogP contribution in [0.2, 0.25) is 0 Å². The van der Waals surface area contributed by atoms with E-state index in [1.807, 2.05) is 12.4 Å². The quantitative estimate of drug-likeness (QED) is 0.574. The molecule has 1 fully saturated rings. The standard InChI is InChI=1S/C18H18N2.Na.H/c1-4-8-15-13(5-1)11-18(20-14-6-2-3-7-14)16-9-10-19-12-17(15)16;;/h1,4-5,8-12,14,20H,2-3,6-7H2;;/q;+1;-1. The maximum atomic E-state index is 4.31. The third-order valence-electron chi connectivity index (χ3n) is 4.38. The molecule has 2 nitrogen and oxygen atoms in total. The fraction of sp³-hybridized carbons (Fsp3) is 0.278. The van der Waals surface area contributed by atoms with Crippen molar-refractivity contribution >= 4 is 27.2 Å². The monoisotopic (exact) mass is 286 g/mol. The van der Waals surface area contributed by atoms with Gasteiger partial charge >= 0.3 is 29.6 Å². The summed E-state index contributed by atoms with van der Waals surface area (Å²) in [5.74, 6) is 0. The number of hydrogen-bond donors (Lipinski definition) is 1. The first kappa shape index (κ1) is 14.8. The van der Waals surface area contributed by atoms with Gasteiger partial charge in [0.15, 0.2) is 0 Å². The van der Waals surface area contributed by atoms with Crippen LogP contribution < -0.4 is 34.9 Å². The minimum atomic E-state index is 0. The zero-order valence-corrected chi connectivity index (χ0v) is 14.5. The Morgan fingerprint density at radius 3 is 2.67 bits per heavy atom. The molecule has 0 radical (unpaired) electrons. The summed E-state index contributed by atoms with van der Waals surface area (Å²) < 4.78 is 0. The molecule has 3 aromatic rings. The van der Waals surface area contributed by atoms with Crippen LogP contribution in [0, 0.1) is 0 Å². The van der Waals surface area contributed by atoms with E-state index in [9.17, 15) is 0 Å². The van der Waals surface area contributed by atoms with Crippen LogP contribution in [-0.4, -0.2) is 11.0 Å². The second-order valence-corrected chi connectivity index (χ2v) is 5.69. The molecule has 0 aliphatic heterocycles. The van der Waals surface area contributed by atoms with Gasteiger partial charge in [0.2, 0.25) is 0 Å². The fourth-order valence-corrected chi connectivity index (χ4v) is 3.35. The van der Waals surface area contributed by atoms with E-state index >= 15 is 0 Å². The predicted octanol–water partition coefficient (Wildman–Crippen LogP) is 1.86. The van der Waals surface area contributed by atoms with Crippen molar-refractivity contribution in [3.8, 4) is 0 Å². The van der Waals surface area contributed by atoms with E-state index in [4.69, 9.17) is 0 Å². The molecule has 1 heterocycles. The zero-order chi connectivity index (χ0) is 13.4. The summed E-state index contributed by atoms with van der Waals surface area (Å²) in [4.78, 5) is 4.31. The van der Waals surface area contributed by atoms with E-state index in [0.29, 0.717) is 6.04 Å². The molecule has 0 atom stereocenters. The van der Waals surface area contributed by atoms with Crippen LogP contribution in [0.4, 0.5) is 5.69 Å². The van der Waals surface area contributed by atoms with Gasteiger partial charge < -0.3 is 6.74 Å². The summed E-state index contributed by atoms with van der Waals surface area (Å²) in [6.45, 7) is 0. The normalized spacial score (nSPS) is 15.2. The van der Waals surface area contributed by atoms with E-state index in [1.165, 1.54) is 52.9 Å². The summed E-state index contributed by atoms with van der Waals surface area (Å²) in [5, 5.41) is 8.84. The number of nitrogens with zero attached hydrogens (tertiary/aromatic N) is 1. The topological polar surface area (TPSA) is 24.9 Å². The Hall–Kier alpha value is -1.09. The summed E-state index contributed by atoms with van der Waals surface area (Å²) in [6, 6.07) is 13.6. The van der Waals surface area contributed by atoms with E-state index in [-0.39, 0.29) is 31.0 Å². The van der Waals surface area contributed by atoms with Crippen molar-refractivity contribution in [2.24, 2.45) is 0 Å². The summed E-state index contributed by atoms with van der Waals surface area (Å²) >= 11 is 0. The zero-order valence-electron chi connectivity index (χ0n) is 13.5. The fourth-order valence-electron chi connectivity index (χ4n) is 3.35. The molecule has 1 aliphatic rings. The van der Waals surface area contributed by atoms with Crippen molar-refractivity contribution in [1.29, 1.82) is 0 Å². The Morgan fingerprint density at radius 1 is 1.00 bits per heavy atom. The minimum Gasteiger partial charge on any atom is -1.00 e. The molecule has 0 bridgehead atoms. The number of pyridine rings is 1. The second kappa shape index (κ2) is 6.35. The summed E-state index contributed by atoms with van der Waals surface area (Å²) in [7, 11) is 0. The van der Waals surface area contributed by atoms with Crippen molar-refractivity contribution in [2.45, 2.75) is 31.7 Å². The van der Waals surface area contributed by atoms with Gasteiger partial charge in [-0.1, -0.05) is 37.1 Å². The first-order valence-corrected chi connectivity index (χ1v) is 7.44. The number of hydrogen-bond acceptors (Lipinski definition) is 2. The van der Waals surface area contributed by atoms with Crippen molar-refractivity contribution in [2.75, 3.05) is 5.32 Å². The van der Waals surface area contributed by atoms with Crippen LogP contribution in [0.5, 0.6) is 0 Å². The Balaban J connectivity index is 0.000000882. The molecule has 2 aromatic carbocycles. The smallest absolute Gasteiger partial charge is 1.00 e. The van der Waals surface area contributed by atoms with Gasteiger partial charge in [-0.3, -0.25) is 4.98 Å². The molecular weight excluding hydrogens is 267 g/mol. The molecule has 1 aromatic heterocycles. The molecule has 1 N–H and O–H groups in total. The van der Waals surface area contributed by atoms with Gasteiger partial charge in [0, 0.05) is 34.9 Å². The van der Waals surface area contributed by atoms with Crippen molar-refractivity contribution < 1.29 is 31.0 Å². The maximum Gasteiger partial charge on any atom is 1.00 e. The summed E-state index contributed by atoms with van der Waals surface area (Å²) in [6.07, 6.45) is 9.16. The molecule has 0 unspecified atom stereocenters. The Bertz CT molecular complexity index is 769. The number of fused-ring (bicyclic) bond motifs is 3. The van der Waals surface area contributed by atoms with Crippen molar-refractivity contribution in [3.63, 3.8) is 0 Å². The van der Waals surface area contributed by atoms with Crippen LogP contribution >= 0.6 is 0 Å². The van der Waals surface area contributed by atoms with Crippen LogP contribution in [0.1, 0.15) is 27.1 Å².